The second-order valence-corrected chi connectivity index (χ2v) is 3.48. The van der Waals surface area contributed by atoms with Crippen molar-refractivity contribution >= 4 is 13.3 Å². The van der Waals surface area contributed by atoms with Crippen molar-refractivity contribution in [3.63, 3.8) is 0 Å². The molecule has 0 radical (unpaired) electrons. The number of hydrogen-bond acceptors (Lipinski definition) is 2. The van der Waals surface area contributed by atoms with Crippen LogP contribution in [0.5, 0.6) is 0 Å². The minimum atomic E-state index is -2.90. The molecule has 0 aliphatic heterocycles. The highest BCUT2D eigenvalue weighted by Gasteiger charge is 2.14. The summed E-state index contributed by atoms with van der Waals surface area (Å²) in [6.07, 6.45) is 0.896. The Hall–Kier alpha value is -1.15. The molecule has 0 N–H and O–H groups in total. The summed E-state index contributed by atoms with van der Waals surface area (Å²) in [5.74, 6) is -1.74. The van der Waals surface area contributed by atoms with E-state index < -0.39 is 25.0 Å². The van der Waals surface area contributed by atoms with Crippen LogP contribution in [-0.2, 0) is 9.09 Å². The van der Waals surface area contributed by atoms with Gasteiger partial charge in [0, 0.05) is 0 Å². The first-order valence-electron chi connectivity index (χ1n) is 3.42. The maximum atomic E-state index is 12.9. The van der Waals surface area contributed by atoms with Crippen LogP contribution in [0.4, 0.5) is 8.78 Å². The third kappa shape index (κ3) is 2.16. The van der Waals surface area contributed by atoms with Gasteiger partial charge in [0.15, 0.2) is 0 Å². The summed E-state index contributed by atoms with van der Waals surface area (Å²) in [5.41, 5.74) is 0. The standard InChI is InChI=1S/C8H7F2O2P/c1-2-12-13(11)8-6(9)4-3-5-7(8)10/h2-5,13H,1H2. The second-order valence-electron chi connectivity index (χ2n) is 2.17. The highest BCUT2D eigenvalue weighted by atomic mass is 31.1. The predicted octanol–water partition coefficient (Wildman–Crippen LogP) is 2.22. The molecule has 0 aromatic heterocycles. The average Bonchev–Trinajstić information content (AvgIpc) is 2.04. The van der Waals surface area contributed by atoms with Gasteiger partial charge in [-0.2, -0.15) is 0 Å². The topological polar surface area (TPSA) is 26.3 Å². The Kier molecular flexibility index (Phi) is 3.20. The van der Waals surface area contributed by atoms with E-state index in [2.05, 4.69) is 11.1 Å². The van der Waals surface area contributed by atoms with E-state index in [1.165, 1.54) is 6.07 Å². The minimum Gasteiger partial charge on any atom is -0.450 e. The molecule has 0 amide bonds. The summed E-state index contributed by atoms with van der Waals surface area (Å²) in [5, 5.41) is -0.521. The molecular formula is C8H7F2O2P. The molecule has 1 unspecified atom stereocenters. The molecule has 0 fully saturated rings. The number of benzene rings is 1. The number of rotatable bonds is 3. The molecule has 1 atom stereocenters. The maximum Gasteiger partial charge on any atom is 0.271 e. The van der Waals surface area contributed by atoms with Crippen molar-refractivity contribution in [1.82, 2.24) is 0 Å². The van der Waals surface area contributed by atoms with E-state index >= 15 is 0 Å². The van der Waals surface area contributed by atoms with Crippen LogP contribution in [0.3, 0.4) is 0 Å². The summed E-state index contributed by atoms with van der Waals surface area (Å²) in [6, 6.07) is 3.23. The Morgan fingerprint density at radius 2 is 1.92 bits per heavy atom. The van der Waals surface area contributed by atoms with Gasteiger partial charge in [-0.3, -0.25) is 4.57 Å². The molecule has 5 heteroatoms. The lowest BCUT2D eigenvalue weighted by atomic mass is 10.3. The van der Waals surface area contributed by atoms with Crippen LogP contribution in [0.15, 0.2) is 31.0 Å². The van der Waals surface area contributed by atoms with Gasteiger partial charge in [-0.1, -0.05) is 12.6 Å². The molecule has 0 saturated heterocycles. The van der Waals surface area contributed by atoms with Crippen molar-refractivity contribution in [3.8, 4) is 0 Å². The van der Waals surface area contributed by atoms with Crippen molar-refractivity contribution in [2.24, 2.45) is 0 Å². The Balaban J connectivity index is 3.12. The van der Waals surface area contributed by atoms with Gasteiger partial charge in [-0.15, -0.1) is 0 Å². The summed E-state index contributed by atoms with van der Waals surface area (Å²) < 4.78 is 41.3. The van der Waals surface area contributed by atoms with E-state index in [1.54, 1.807) is 0 Å². The summed E-state index contributed by atoms with van der Waals surface area (Å²) >= 11 is 0. The monoisotopic (exact) mass is 204 g/mol. The van der Waals surface area contributed by atoms with Crippen molar-refractivity contribution in [3.05, 3.63) is 42.7 Å². The number of hydrogen-bond donors (Lipinski definition) is 0. The van der Waals surface area contributed by atoms with E-state index in [4.69, 9.17) is 0 Å². The first-order chi connectivity index (χ1) is 6.16. The van der Waals surface area contributed by atoms with E-state index in [1.807, 2.05) is 0 Å². The largest absolute Gasteiger partial charge is 0.450 e. The summed E-state index contributed by atoms with van der Waals surface area (Å²) in [7, 11) is -2.90. The van der Waals surface area contributed by atoms with Crippen molar-refractivity contribution < 1.29 is 17.9 Å². The normalized spacial score (nSPS) is 12.2. The van der Waals surface area contributed by atoms with E-state index in [-0.39, 0.29) is 0 Å². The average molecular weight is 204 g/mol. The fourth-order valence-corrected chi connectivity index (χ4v) is 1.65. The Morgan fingerprint density at radius 1 is 1.38 bits per heavy atom. The zero-order chi connectivity index (χ0) is 9.84. The van der Waals surface area contributed by atoms with Gasteiger partial charge in [0.2, 0.25) is 0 Å². The van der Waals surface area contributed by atoms with Crippen molar-refractivity contribution in [2.45, 2.75) is 0 Å². The molecule has 1 aromatic rings. The SMILES string of the molecule is C=CO[PH](=O)c1c(F)cccc1F. The molecule has 0 saturated carbocycles. The molecule has 1 aromatic carbocycles. The van der Waals surface area contributed by atoms with Gasteiger partial charge in [0.05, 0.1) is 6.26 Å². The zero-order valence-electron chi connectivity index (χ0n) is 6.59. The van der Waals surface area contributed by atoms with Gasteiger partial charge in [0.25, 0.3) is 8.03 Å². The summed E-state index contributed by atoms with van der Waals surface area (Å²) in [4.78, 5) is 0. The van der Waals surface area contributed by atoms with Crippen LogP contribution in [0.1, 0.15) is 0 Å². The lowest BCUT2D eigenvalue weighted by Crippen LogP contribution is -2.08. The van der Waals surface area contributed by atoms with Crippen molar-refractivity contribution in [1.29, 1.82) is 0 Å². The molecule has 0 spiro atoms. The van der Waals surface area contributed by atoms with Crippen LogP contribution in [-0.4, -0.2) is 0 Å². The van der Waals surface area contributed by atoms with Gasteiger partial charge < -0.3 is 4.52 Å². The highest BCUT2D eigenvalue weighted by molar-refractivity contribution is 7.48. The molecule has 0 aliphatic carbocycles. The number of halogens is 2. The van der Waals surface area contributed by atoms with Crippen LogP contribution in [0.2, 0.25) is 0 Å². The van der Waals surface area contributed by atoms with Gasteiger partial charge in [0.1, 0.15) is 16.9 Å². The molecule has 0 heterocycles. The molecule has 70 valence electrons. The molecular weight excluding hydrogens is 197 g/mol. The van der Waals surface area contributed by atoms with Crippen LogP contribution < -0.4 is 5.30 Å². The molecule has 1 rings (SSSR count). The second kappa shape index (κ2) is 4.19. The maximum absolute atomic E-state index is 12.9. The fourth-order valence-electron chi connectivity index (χ4n) is 0.827. The minimum absolute atomic E-state index is 0.521. The lowest BCUT2D eigenvalue weighted by molar-refractivity contribution is 0.469. The molecule has 0 bridgehead atoms. The van der Waals surface area contributed by atoms with E-state index in [9.17, 15) is 13.3 Å². The highest BCUT2D eigenvalue weighted by Crippen LogP contribution is 2.24. The Labute approximate surface area is 74.7 Å². The zero-order valence-corrected chi connectivity index (χ0v) is 7.59. The Bertz CT molecular complexity index is 332. The van der Waals surface area contributed by atoms with Gasteiger partial charge >= 0.3 is 0 Å². The van der Waals surface area contributed by atoms with E-state index in [0.717, 1.165) is 18.4 Å². The molecule has 2 nitrogen and oxygen atoms in total. The summed E-state index contributed by atoms with van der Waals surface area (Å²) in [6.45, 7) is 3.14. The van der Waals surface area contributed by atoms with Crippen molar-refractivity contribution in [2.75, 3.05) is 0 Å². The smallest absolute Gasteiger partial charge is 0.271 e. The van der Waals surface area contributed by atoms with Crippen LogP contribution in [0.25, 0.3) is 0 Å². The van der Waals surface area contributed by atoms with Gasteiger partial charge in [-0.05, 0) is 12.1 Å². The molecule has 13 heavy (non-hydrogen) atoms. The third-order valence-electron chi connectivity index (χ3n) is 1.36. The molecule has 0 aliphatic rings. The Morgan fingerprint density at radius 3 is 2.38 bits per heavy atom. The first-order valence-corrected chi connectivity index (χ1v) is 4.74. The fraction of sp³-hybridized carbons (Fsp3) is 0. The van der Waals surface area contributed by atoms with Crippen LogP contribution in [0, 0.1) is 11.6 Å². The van der Waals surface area contributed by atoms with Crippen LogP contribution >= 0.6 is 8.03 Å². The van der Waals surface area contributed by atoms with E-state index in [0.29, 0.717) is 0 Å². The van der Waals surface area contributed by atoms with Gasteiger partial charge in [-0.25, -0.2) is 8.78 Å². The third-order valence-corrected chi connectivity index (χ3v) is 2.62. The lowest BCUT2D eigenvalue weighted by Gasteiger charge is -2.03. The quantitative estimate of drug-likeness (QED) is 0.557. The predicted molar refractivity (Wildman–Crippen MR) is 46.3 cm³/mol. The first kappa shape index (κ1) is 9.93.